The lowest BCUT2D eigenvalue weighted by Gasteiger charge is -2.26. The molecule has 1 saturated heterocycles. The first-order valence-electron chi connectivity index (χ1n) is 6.79. The van der Waals surface area contributed by atoms with E-state index in [1.807, 2.05) is 26.0 Å². The maximum atomic E-state index is 6.14. The maximum absolute atomic E-state index is 6.14. The zero-order valence-corrected chi connectivity index (χ0v) is 12.1. The minimum absolute atomic E-state index is 0.764. The van der Waals surface area contributed by atoms with Crippen LogP contribution in [0.1, 0.15) is 30.4 Å². The van der Waals surface area contributed by atoms with Gasteiger partial charge in [0.15, 0.2) is 0 Å². The molecule has 1 aliphatic heterocycles. The molecule has 0 N–H and O–H groups in total. The Kier molecular flexibility index (Phi) is 4.90. The van der Waals surface area contributed by atoms with Crippen molar-refractivity contribution in [2.75, 3.05) is 26.2 Å². The number of likely N-dealkylation sites (tertiary alicyclic amines) is 1. The average Bonchev–Trinajstić information content (AvgIpc) is 2.37. The van der Waals surface area contributed by atoms with Gasteiger partial charge in [-0.1, -0.05) is 18.0 Å². The minimum Gasteiger partial charge on any atom is -0.492 e. The Balaban J connectivity index is 1.82. The number of hydrogen-bond donors (Lipinski definition) is 0. The molecular weight excluding hydrogens is 246 g/mol. The van der Waals surface area contributed by atoms with Gasteiger partial charge in [-0.15, -0.1) is 0 Å². The number of aryl methyl sites for hydroxylation is 2. The normalized spacial score (nSPS) is 16.8. The first-order valence-corrected chi connectivity index (χ1v) is 7.16. The van der Waals surface area contributed by atoms with Crippen LogP contribution in [-0.4, -0.2) is 31.1 Å². The van der Waals surface area contributed by atoms with Crippen LogP contribution in [0.25, 0.3) is 0 Å². The summed E-state index contributed by atoms with van der Waals surface area (Å²) < 4.78 is 5.83. The maximum Gasteiger partial charge on any atom is 0.119 e. The van der Waals surface area contributed by atoms with Crippen LogP contribution >= 0.6 is 11.6 Å². The third-order valence-corrected chi connectivity index (χ3v) is 4.13. The third-order valence-electron chi connectivity index (χ3n) is 3.53. The van der Waals surface area contributed by atoms with Crippen LogP contribution in [0.4, 0.5) is 0 Å². The van der Waals surface area contributed by atoms with Crippen molar-refractivity contribution in [3.8, 4) is 5.75 Å². The lowest BCUT2D eigenvalue weighted by Crippen LogP contribution is -2.33. The predicted octanol–water partition coefficient (Wildman–Crippen LogP) is 3.82. The van der Waals surface area contributed by atoms with E-state index in [1.165, 1.54) is 32.4 Å². The van der Waals surface area contributed by atoms with Crippen molar-refractivity contribution in [2.45, 2.75) is 33.1 Å². The molecule has 1 aromatic rings. The van der Waals surface area contributed by atoms with E-state index in [0.29, 0.717) is 0 Å². The van der Waals surface area contributed by atoms with Crippen LogP contribution in [-0.2, 0) is 0 Å². The molecule has 0 amide bonds. The standard InChI is InChI=1S/C15H22ClNO/c1-12-10-14(11-13(2)15(12)16)18-9-8-17-6-4-3-5-7-17/h10-11H,3-9H2,1-2H3. The van der Waals surface area contributed by atoms with Gasteiger partial charge in [0.1, 0.15) is 12.4 Å². The zero-order chi connectivity index (χ0) is 13.0. The van der Waals surface area contributed by atoms with Gasteiger partial charge in [-0.25, -0.2) is 0 Å². The highest BCUT2D eigenvalue weighted by Crippen LogP contribution is 2.25. The van der Waals surface area contributed by atoms with Crippen molar-refractivity contribution in [3.63, 3.8) is 0 Å². The average molecular weight is 268 g/mol. The lowest BCUT2D eigenvalue weighted by molar-refractivity contribution is 0.183. The summed E-state index contributed by atoms with van der Waals surface area (Å²) in [6, 6.07) is 4.04. The second kappa shape index (κ2) is 6.44. The highest BCUT2D eigenvalue weighted by Gasteiger charge is 2.10. The molecule has 0 bridgehead atoms. The Bertz CT molecular complexity index is 376. The van der Waals surface area contributed by atoms with Gasteiger partial charge in [0.25, 0.3) is 0 Å². The topological polar surface area (TPSA) is 12.5 Å². The summed E-state index contributed by atoms with van der Waals surface area (Å²) in [7, 11) is 0. The van der Waals surface area contributed by atoms with Gasteiger partial charge >= 0.3 is 0 Å². The van der Waals surface area contributed by atoms with E-state index >= 15 is 0 Å². The summed E-state index contributed by atoms with van der Waals surface area (Å²) in [5.74, 6) is 0.936. The number of nitrogens with zero attached hydrogens (tertiary/aromatic N) is 1. The van der Waals surface area contributed by atoms with Gasteiger partial charge < -0.3 is 4.74 Å². The van der Waals surface area contributed by atoms with E-state index in [9.17, 15) is 0 Å². The van der Waals surface area contributed by atoms with E-state index in [-0.39, 0.29) is 0 Å². The molecule has 100 valence electrons. The van der Waals surface area contributed by atoms with Gasteiger partial charge in [-0.3, -0.25) is 4.90 Å². The van der Waals surface area contributed by atoms with Crippen molar-refractivity contribution in [2.24, 2.45) is 0 Å². The summed E-state index contributed by atoms with van der Waals surface area (Å²) >= 11 is 6.14. The molecule has 18 heavy (non-hydrogen) atoms. The molecule has 0 saturated carbocycles. The first-order chi connectivity index (χ1) is 8.66. The van der Waals surface area contributed by atoms with E-state index in [0.717, 1.165) is 35.1 Å². The molecule has 1 heterocycles. The summed E-state index contributed by atoms with van der Waals surface area (Å²) in [6.07, 6.45) is 4.05. The molecule has 1 aromatic carbocycles. The number of benzene rings is 1. The SMILES string of the molecule is Cc1cc(OCCN2CCCCC2)cc(C)c1Cl. The van der Waals surface area contributed by atoms with Gasteiger partial charge in [0.05, 0.1) is 0 Å². The van der Waals surface area contributed by atoms with Crippen LogP contribution < -0.4 is 4.74 Å². The fourth-order valence-electron chi connectivity index (χ4n) is 2.47. The summed E-state index contributed by atoms with van der Waals surface area (Å²) in [5.41, 5.74) is 2.18. The molecule has 0 spiro atoms. The molecule has 0 aliphatic carbocycles. The van der Waals surface area contributed by atoms with Gasteiger partial charge in [-0.2, -0.15) is 0 Å². The second-order valence-electron chi connectivity index (χ2n) is 5.12. The largest absolute Gasteiger partial charge is 0.492 e. The minimum atomic E-state index is 0.764. The van der Waals surface area contributed by atoms with Crippen LogP contribution in [0, 0.1) is 13.8 Å². The molecule has 0 radical (unpaired) electrons. The molecule has 0 aromatic heterocycles. The quantitative estimate of drug-likeness (QED) is 0.822. The van der Waals surface area contributed by atoms with E-state index < -0.39 is 0 Å². The Morgan fingerprint density at radius 1 is 1.11 bits per heavy atom. The fraction of sp³-hybridized carbons (Fsp3) is 0.600. The summed E-state index contributed by atoms with van der Waals surface area (Å²) in [6.45, 7) is 8.28. The number of ether oxygens (including phenoxy) is 1. The predicted molar refractivity (Wildman–Crippen MR) is 76.7 cm³/mol. The molecule has 0 atom stereocenters. The fourth-order valence-corrected chi connectivity index (χ4v) is 2.57. The highest BCUT2D eigenvalue weighted by molar-refractivity contribution is 6.32. The van der Waals surface area contributed by atoms with E-state index in [4.69, 9.17) is 16.3 Å². The van der Waals surface area contributed by atoms with Crippen LogP contribution in [0.5, 0.6) is 5.75 Å². The van der Waals surface area contributed by atoms with E-state index in [2.05, 4.69) is 4.90 Å². The van der Waals surface area contributed by atoms with Gasteiger partial charge in [-0.05, 0) is 63.0 Å². The Labute approximate surface area is 115 Å². The third kappa shape index (κ3) is 3.63. The Hall–Kier alpha value is -0.730. The molecular formula is C15H22ClNO. The molecule has 2 rings (SSSR count). The van der Waals surface area contributed by atoms with Gasteiger partial charge in [0.2, 0.25) is 0 Å². The van der Waals surface area contributed by atoms with Crippen LogP contribution in [0.3, 0.4) is 0 Å². The van der Waals surface area contributed by atoms with E-state index in [1.54, 1.807) is 0 Å². The lowest BCUT2D eigenvalue weighted by atomic mass is 10.1. The van der Waals surface area contributed by atoms with Crippen LogP contribution in [0.2, 0.25) is 5.02 Å². The number of hydrogen-bond acceptors (Lipinski definition) is 2. The van der Waals surface area contributed by atoms with Crippen molar-refractivity contribution in [3.05, 3.63) is 28.3 Å². The zero-order valence-electron chi connectivity index (χ0n) is 11.3. The summed E-state index contributed by atoms with van der Waals surface area (Å²) in [5, 5.41) is 0.846. The molecule has 1 fully saturated rings. The molecule has 1 aliphatic rings. The molecule has 3 heteroatoms. The Morgan fingerprint density at radius 2 is 1.72 bits per heavy atom. The number of rotatable bonds is 4. The first kappa shape index (κ1) is 13.7. The summed E-state index contributed by atoms with van der Waals surface area (Å²) in [4.78, 5) is 2.49. The van der Waals surface area contributed by atoms with Crippen molar-refractivity contribution in [1.82, 2.24) is 4.90 Å². The monoisotopic (exact) mass is 267 g/mol. The molecule has 2 nitrogen and oxygen atoms in total. The van der Waals surface area contributed by atoms with Crippen molar-refractivity contribution in [1.29, 1.82) is 0 Å². The van der Waals surface area contributed by atoms with Crippen molar-refractivity contribution < 1.29 is 4.74 Å². The van der Waals surface area contributed by atoms with Gasteiger partial charge in [0, 0.05) is 11.6 Å². The smallest absolute Gasteiger partial charge is 0.119 e. The number of piperidine rings is 1. The van der Waals surface area contributed by atoms with Crippen molar-refractivity contribution >= 4 is 11.6 Å². The Morgan fingerprint density at radius 3 is 2.33 bits per heavy atom. The highest BCUT2D eigenvalue weighted by atomic mass is 35.5. The second-order valence-corrected chi connectivity index (χ2v) is 5.50. The van der Waals surface area contributed by atoms with Crippen LogP contribution in [0.15, 0.2) is 12.1 Å². The number of halogens is 1. The molecule has 0 unspecified atom stereocenters.